The van der Waals surface area contributed by atoms with Gasteiger partial charge in [0, 0.05) is 6.42 Å². The van der Waals surface area contributed by atoms with E-state index in [0.717, 1.165) is 18.4 Å². The molecule has 1 rings (SSSR count). The highest BCUT2D eigenvalue weighted by Gasteiger charge is 2.07. The Morgan fingerprint density at radius 2 is 1.20 bits per heavy atom. The molecule has 3 nitrogen and oxygen atoms in total. The van der Waals surface area contributed by atoms with Crippen LogP contribution in [0.25, 0.3) is 0 Å². The Morgan fingerprint density at radius 1 is 0.733 bits per heavy atom. The molecule has 0 aliphatic carbocycles. The molecular weight excluding hydrogens is 372 g/mol. The molecule has 30 heavy (non-hydrogen) atoms. The van der Waals surface area contributed by atoms with Gasteiger partial charge in [0.05, 0.1) is 0 Å². The number of hydrogen-bond acceptors (Lipinski definition) is 3. The van der Waals surface area contributed by atoms with Gasteiger partial charge in [0.2, 0.25) is 0 Å². The number of carbonyl (C=O) groups excluding carboxylic acids is 1. The van der Waals surface area contributed by atoms with Gasteiger partial charge in [-0.25, -0.2) is 0 Å². The number of hydrogen-bond donors (Lipinski definition) is 1. The molecule has 1 N–H and O–H groups in total. The fourth-order valence-corrected chi connectivity index (χ4v) is 3.89. The first-order chi connectivity index (χ1) is 14.7. The molecule has 0 saturated heterocycles. The Bertz CT molecular complexity index is 553. The minimum atomic E-state index is -0.242. The van der Waals surface area contributed by atoms with E-state index in [1.54, 1.807) is 25.1 Å². The first kappa shape index (κ1) is 26.5. The highest BCUT2D eigenvalue weighted by atomic mass is 16.5. The van der Waals surface area contributed by atoms with Crippen LogP contribution in [-0.4, -0.2) is 11.1 Å². The number of esters is 1. The maximum absolute atomic E-state index is 11.4. The molecule has 0 spiro atoms. The largest absolute Gasteiger partial charge is 0.508 e. The van der Waals surface area contributed by atoms with Crippen molar-refractivity contribution in [2.45, 2.75) is 129 Å². The highest BCUT2D eigenvalue weighted by molar-refractivity contribution is 5.72. The summed E-state index contributed by atoms with van der Waals surface area (Å²) in [5, 5.41) is 10.0. The van der Waals surface area contributed by atoms with Crippen LogP contribution in [0.1, 0.15) is 129 Å². The maximum atomic E-state index is 11.4. The molecule has 0 bridgehead atoms. The Kier molecular flexibility index (Phi) is 16.2. The van der Waals surface area contributed by atoms with Crippen molar-refractivity contribution in [2.75, 3.05) is 0 Å². The average Bonchev–Trinajstić information content (AvgIpc) is 2.75. The van der Waals surface area contributed by atoms with Crippen molar-refractivity contribution in [1.82, 2.24) is 0 Å². The van der Waals surface area contributed by atoms with Gasteiger partial charge in [-0.15, -0.1) is 0 Å². The van der Waals surface area contributed by atoms with Crippen molar-refractivity contribution in [1.29, 1.82) is 0 Å². The van der Waals surface area contributed by atoms with Crippen LogP contribution in [0.4, 0.5) is 0 Å². The van der Waals surface area contributed by atoms with Crippen molar-refractivity contribution in [3.05, 3.63) is 23.8 Å². The third-order valence-electron chi connectivity index (χ3n) is 5.87. The van der Waals surface area contributed by atoms with E-state index in [9.17, 15) is 9.90 Å². The molecule has 0 radical (unpaired) electrons. The van der Waals surface area contributed by atoms with Crippen molar-refractivity contribution in [3.63, 3.8) is 0 Å². The van der Waals surface area contributed by atoms with E-state index in [2.05, 4.69) is 6.92 Å². The van der Waals surface area contributed by atoms with Gasteiger partial charge in [0.1, 0.15) is 11.5 Å². The van der Waals surface area contributed by atoms with E-state index in [1.807, 2.05) is 0 Å². The lowest BCUT2D eigenvalue weighted by Crippen LogP contribution is -2.05. The number of phenolic OH excluding ortho intramolecular Hbond substituents is 1. The van der Waals surface area contributed by atoms with Gasteiger partial charge in [-0.1, -0.05) is 110 Å². The fourth-order valence-electron chi connectivity index (χ4n) is 3.89. The second kappa shape index (κ2) is 18.3. The molecule has 1 aromatic rings. The van der Waals surface area contributed by atoms with E-state index in [0.29, 0.717) is 17.9 Å². The van der Waals surface area contributed by atoms with Gasteiger partial charge in [-0.3, -0.25) is 4.79 Å². The summed E-state index contributed by atoms with van der Waals surface area (Å²) >= 11 is 0. The normalized spacial score (nSPS) is 11.0. The van der Waals surface area contributed by atoms with Crippen LogP contribution in [0.15, 0.2) is 18.2 Å². The number of unbranched alkanes of at least 4 members (excludes halogenated alkanes) is 15. The SMILES string of the molecule is CCCCCCCCCCCCCCCCCCc1cc(OC(=O)CC)ccc1O. The van der Waals surface area contributed by atoms with Crippen LogP contribution >= 0.6 is 0 Å². The van der Waals surface area contributed by atoms with Crippen LogP contribution in [-0.2, 0) is 11.2 Å². The lowest BCUT2D eigenvalue weighted by molar-refractivity contribution is -0.134. The zero-order chi connectivity index (χ0) is 21.9. The monoisotopic (exact) mass is 418 g/mol. The molecule has 0 aliphatic heterocycles. The van der Waals surface area contributed by atoms with E-state index in [4.69, 9.17) is 4.74 Å². The van der Waals surface area contributed by atoms with E-state index in [-0.39, 0.29) is 5.97 Å². The van der Waals surface area contributed by atoms with Gasteiger partial charge in [-0.05, 0) is 36.6 Å². The van der Waals surface area contributed by atoms with E-state index >= 15 is 0 Å². The van der Waals surface area contributed by atoms with Crippen molar-refractivity contribution >= 4 is 5.97 Å². The van der Waals surface area contributed by atoms with Crippen LogP contribution < -0.4 is 4.74 Å². The molecule has 0 fully saturated rings. The van der Waals surface area contributed by atoms with Gasteiger partial charge >= 0.3 is 5.97 Å². The third-order valence-corrected chi connectivity index (χ3v) is 5.87. The second-order valence-corrected chi connectivity index (χ2v) is 8.67. The highest BCUT2D eigenvalue weighted by Crippen LogP contribution is 2.25. The zero-order valence-electron chi connectivity index (χ0n) is 19.7. The van der Waals surface area contributed by atoms with E-state index in [1.165, 1.54) is 96.3 Å². The summed E-state index contributed by atoms with van der Waals surface area (Å²) in [6.07, 6.45) is 22.9. The van der Waals surface area contributed by atoms with Crippen LogP contribution in [0.3, 0.4) is 0 Å². The van der Waals surface area contributed by atoms with Crippen LogP contribution in [0, 0.1) is 0 Å². The first-order valence-electron chi connectivity index (χ1n) is 12.7. The smallest absolute Gasteiger partial charge is 0.310 e. The Hall–Kier alpha value is -1.51. The molecular formula is C27H46O3. The predicted molar refractivity (Wildman–Crippen MR) is 127 cm³/mol. The van der Waals surface area contributed by atoms with Crippen LogP contribution in [0.5, 0.6) is 11.5 Å². The number of phenols is 1. The zero-order valence-corrected chi connectivity index (χ0v) is 19.7. The number of ether oxygens (including phenoxy) is 1. The molecule has 0 saturated carbocycles. The molecule has 1 aromatic carbocycles. The van der Waals surface area contributed by atoms with Gasteiger partial charge in [-0.2, -0.15) is 0 Å². The third kappa shape index (κ3) is 13.7. The molecule has 0 heterocycles. The molecule has 0 aromatic heterocycles. The topological polar surface area (TPSA) is 46.5 Å². The predicted octanol–water partition coefficient (Wildman–Crippen LogP) is 8.51. The minimum Gasteiger partial charge on any atom is -0.508 e. The summed E-state index contributed by atoms with van der Waals surface area (Å²) in [6, 6.07) is 5.08. The quantitative estimate of drug-likeness (QED) is 0.139. The summed E-state index contributed by atoms with van der Waals surface area (Å²) in [6.45, 7) is 4.06. The number of benzene rings is 1. The van der Waals surface area contributed by atoms with Gasteiger partial charge < -0.3 is 9.84 Å². The number of rotatable bonds is 19. The number of aryl methyl sites for hydroxylation is 1. The summed E-state index contributed by atoms with van der Waals surface area (Å²) < 4.78 is 5.24. The molecule has 0 amide bonds. The van der Waals surface area contributed by atoms with Gasteiger partial charge in [0.15, 0.2) is 0 Å². The Balaban J connectivity index is 1.95. The number of carbonyl (C=O) groups is 1. The second-order valence-electron chi connectivity index (χ2n) is 8.67. The fraction of sp³-hybridized carbons (Fsp3) is 0.741. The van der Waals surface area contributed by atoms with Crippen molar-refractivity contribution in [3.8, 4) is 11.5 Å². The standard InChI is InChI=1S/C27H46O3/c1-3-5-6-7-8-9-10-11-12-13-14-15-16-17-18-19-20-24-23-25(21-22-26(24)28)30-27(29)4-2/h21-23,28H,3-20H2,1-2H3. The molecule has 3 heteroatoms. The Morgan fingerprint density at radius 3 is 1.67 bits per heavy atom. The summed E-state index contributed by atoms with van der Waals surface area (Å²) in [5.41, 5.74) is 0.877. The van der Waals surface area contributed by atoms with Gasteiger partial charge in [0.25, 0.3) is 0 Å². The van der Waals surface area contributed by atoms with Crippen molar-refractivity contribution < 1.29 is 14.6 Å². The summed E-state index contributed by atoms with van der Waals surface area (Å²) in [7, 11) is 0. The molecule has 0 aliphatic rings. The molecule has 0 unspecified atom stereocenters. The lowest BCUT2D eigenvalue weighted by Gasteiger charge is -2.08. The van der Waals surface area contributed by atoms with E-state index < -0.39 is 0 Å². The molecule has 0 atom stereocenters. The molecule has 172 valence electrons. The number of aromatic hydroxyl groups is 1. The average molecular weight is 419 g/mol. The summed E-state index contributed by atoms with van der Waals surface area (Å²) in [5.74, 6) is 0.590. The van der Waals surface area contributed by atoms with Crippen molar-refractivity contribution in [2.24, 2.45) is 0 Å². The van der Waals surface area contributed by atoms with Crippen LogP contribution in [0.2, 0.25) is 0 Å². The summed E-state index contributed by atoms with van der Waals surface area (Å²) in [4.78, 5) is 11.4. The maximum Gasteiger partial charge on any atom is 0.310 e. The Labute approximate surface area is 185 Å². The minimum absolute atomic E-state index is 0.242. The first-order valence-corrected chi connectivity index (χ1v) is 12.7. The lowest BCUT2D eigenvalue weighted by atomic mass is 10.0.